The molecular formula is C21H39N. The lowest BCUT2D eigenvalue weighted by Gasteiger charge is -2.40. The van der Waals surface area contributed by atoms with E-state index in [0.29, 0.717) is 11.8 Å². The van der Waals surface area contributed by atoms with E-state index in [1.165, 1.54) is 11.1 Å². The molecule has 0 radical (unpaired) electrons. The monoisotopic (exact) mass is 305 g/mol. The Morgan fingerprint density at radius 2 is 1.41 bits per heavy atom. The SMILES string of the molecule is C=C(C)CC(C(=C)C(C(=C)NC(C)(C)C)C(C)C)C(C)(C)C. The molecule has 128 valence electrons. The third-order valence-corrected chi connectivity index (χ3v) is 4.02. The van der Waals surface area contributed by atoms with Crippen molar-refractivity contribution in [2.75, 3.05) is 0 Å². The minimum atomic E-state index is 0.0239. The fourth-order valence-electron chi connectivity index (χ4n) is 3.17. The molecule has 0 aromatic carbocycles. The van der Waals surface area contributed by atoms with E-state index >= 15 is 0 Å². The van der Waals surface area contributed by atoms with E-state index in [9.17, 15) is 0 Å². The molecule has 0 aliphatic heterocycles. The second kappa shape index (κ2) is 7.53. The minimum absolute atomic E-state index is 0.0239. The smallest absolute Gasteiger partial charge is 0.0286 e. The summed E-state index contributed by atoms with van der Waals surface area (Å²) in [6.45, 7) is 33.0. The first-order chi connectivity index (χ1) is 9.66. The molecule has 0 rings (SSSR count). The van der Waals surface area contributed by atoms with Crippen LogP contribution in [-0.2, 0) is 0 Å². The molecule has 2 atom stereocenters. The minimum Gasteiger partial charge on any atom is -0.384 e. The molecule has 1 N–H and O–H groups in total. The van der Waals surface area contributed by atoms with Gasteiger partial charge in [-0.2, -0.15) is 0 Å². The van der Waals surface area contributed by atoms with Gasteiger partial charge in [-0.05, 0) is 51.4 Å². The Morgan fingerprint density at radius 3 is 1.68 bits per heavy atom. The highest BCUT2D eigenvalue weighted by molar-refractivity contribution is 5.23. The molecule has 2 unspecified atom stereocenters. The second-order valence-electron chi connectivity index (χ2n) is 9.28. The van der Waals surface area contributed by atoms with Crippen LogP contribution in [0.5, 0.6) is 0 Å². The van der Waals surface area contributed by atoms with Crippen LogP contribution in [0.4, 0.5) is 0 Å². The van der Waals surface area contributed by atoms with E-state index in [1.807, 2.05) is 0 Å². The van der Waals surface area contributed by atoms with Crippen molar-refractivity contribution in [3.63, 3.8) is 0 Å². The Kier molecular flexibility index (Phi) is 7.19. The van der Waals surface area contributed by atoms with Gasteiger partial charge in [-0.3, -0.25) is 0 Å². The molecule has 0 aliphatic carbocycles. The van der Waals surface area contributed by atoms with Crippen molar-refractivity contribution in [1.29, 1.82) is 0 Å². The van der Waals surface area contributed by atoms with Gasteiger partial charge < -0.3 is 5.32 Å². The molecule has 0 heterocycles. The van der Waals surface area contributed by atoms with E-state index in [-0.39, 0.29) is 16.9 Å². The number of hydrogen-bond donors (Lipinski definition) is 1. The first kappa shape index (κ1) is 21.0. The molecule has 1 nitrogen and oxygen atoms in total. The molecule has 0 bridgehead atoms. The summed E-state index contributed by atoms with van der Waals surface area (Å²) in [5.41, 5.74) is 3.79. The molecule has 0 aliphatic rings. The van der Waals surface area contributed by atoms with Crippen LogP contribution in [0.2, 0.25) is 0 Å². The Balaban J connectivity index is 5.51. The van der Waals surface area contributed by atoms with Gasteiger partial charge in [0.25, 0.3) is 0 Å². The summed E-state index contributed by atoms with van der Waals surface area (Å²) in [6, 6.07) is 0. The van der Waals surface area contributed by atoms with E-state index < -0.39 is 0 Å². The maximum absolute atomic E-state index is 4.51. The Morgan fingerprint density at radius 1 is 0.955 bits per heavy atom. The fourth-order valence-corrected chi connectivity index (χ4v) is 3.17. The van der Waals surface area contributed by atoms with Gasteiger partial charge in [0.05, 0.1) is 0 Å². The van der Waals surface area contributed by atoms with Crippen molar-refractivity contribution < 1.29 is 0 Å². The first-order valence-corrected chi connectivity index (χ1v) is 8.47. The van der Waals surface area contributed by atoms with Crippen LogP contribution in [0.15, 0.2) is 36.6 Å². The first-order valence-electron chi connectivity index (χ1n) is 8.47. The van der Waals surface area contributed by atoms with Gasteiger partial charge in [-0.1, -0.05) is 58.9 Å². The van der Waals surface area contributed by atoms with Gasteiger partial charge >= 0.3 is 0 Å². The lowest BCUT2D eigenvalue weighted by Crippen LogP contribution is -2.40. The Bertz CT molecular complexity index is 412. The van der Waals surface area contributed by atoms with Crippen molar-refractivity contribution >= 4 is 0 Å². The van der Waals surface area contributed by atoms with Crippen LogP contribution in [0.1, 0.15) is 68.7 Å². The largest absolute Gasteiger partial charge is 0.384 e. The summed E-state index contributed by atoms with van der Waals surface area (Å²) >= 11 is 0. The number of rotatable bonds is 7. The molecule has 0 saturated carbocycles. The summed E-state index contributed by atoms with van der Waals surface area (Å²) < 4.78 is 0. The van der Waals surface area contributed by atoms with Crippen molar-refractivity contribution in [2.45, 2.75) is 74.3 Å². The van der Waals surface area contributed by atoms with Gasteiger partial charge in [-0.25, -0.2) is 0 Å². The predicted molar refractivity (Wildman–Crippen MR) is 102 cm³/mol. The molecule has 0 aromatic rings. The van der Waals surface area contributed by atoms with Gasteiger partial charge in [0.2, 0.25) is 0 Å². The van der Waals surface area contributed by atoms with Crippen molar-refractivity contribution in [3.8, 4) is 0 Å². The highest BCUT2D eigenvalue weighted by Crippen LogP contribution is 2.42. The second-order valence-corrected chi connectivity index (χ2v) is 9.28. The summed E-state index contributed by atoms with van der Waals surface area (Å²) in [6.07, 6.45) is 0.994. The topological polar surface area (TPSA) is 12.0 Å². The third-order valence-electron chi connectivity index (χ3n) is 4.02. The molecule has 0 fully saturated rings. The van der Waals surface area contributed by atoms with Gasteiger partial charge in [0.15, 0.2) is 0 Å². The van der Waals surface area contributed by atoms with Crippen LogP contribution >= 0.6 is 0 Å². The van der Waals surface area contributed by atoms with E-state index in [2.05, 4.69) is 87.4 Å². The molecule has 0 amide bonds. The van der Waals surface area contributed by atoms with Crippen LogP contribution in [-0.4, -0.2) is 5.54 Å². The maximum Gasteiger partial charge on any atom is 0.0286 e. The van der Waals surface area contributed by atoms with Crippen LogP contribution < -0.4 is 5.32 Å². The summed E-state index contributed by atoms with van der Waals surface area (Å²) in [7, 11) is 0. The Hall–Kier alpha value is -0.980. The fraction of sp³-hybridized carbons (Fsp3) is 0.714. The van der Waals surface area contributed by atoms with Crippen LogP contribution in [0.3, 0.4) is 0 Å². The van der Waals surface area contributed by atoms with E-state index in [0.717, 1.165) is 12.1 Å². The standard InChI is InChI=1S/C21H39N/c1-14(2)13-18(20(7,8)9)16(5)19(15(3)4)17(6)22-21(10,11)12/h15,18-19,22H,1,5-6,13H2,2-4,7-12H3. The van der Waals surface area contributed by atoms with Crippen LogP contribution in [0.25, 0.3) is 0 Å². The summed E-state index contributed by atoms with van der Waals surface area (Å²) in [5.74, 6) is 1.17. The number of hydrogen-bond acceptors (Lipinski definition) is 1. The molecule has 0 aromatic heterocycles. The van der Waals surface area contributed by atoms with Gasteiger partial charge in [-0.15, -0.1) is 6.58 Å². The zero-order valence-electron chi connectivity index (χ0n) is 16.6. The number of nitrogens with one attached hydrogen (secondary N) is 1. The third kappa shape index (κ3) is 6.85. The summed E-state index contributed by atoms with van der Waals surface area (Å²) in [4.78, 5) is 0. The van der Waals surface area contributed by atoms with Gasteiger partial charge in [0.1, 0.15) is 0 Å². The average Bonchev–Trinajstić information content (AvgIpc) is 2.20. The average molecular weight is 306 g/mol. The quantitative estimate of drug-likeness (QED) is 0.541. The zero-order valence-corrected chi connectivity index (χ0v) is 16.6. The van der Waals surface area contributed by atoms with E-state index in [4.69, 9.17) is 0 Å². The highest BCUT2D eigenvalue weighted by Gasteiger charge is 2.33. The normalized spacial score (nSPS) is 15.4. The van der Waals surface area contributed by atoms with Crippen molar-refractivity contribution in [1.82, 2.24) is 5.32 Å². The van der Waals surface area contributed by atoms with Crippen LogP contribution in [0, 0.1) is 23.2 Å². The predicted octanol–water partition coefficient (Wildman–Crippen LogP) is 6.35. The van der Waals surface area contributed by atoms with Crippen molar-refractivity contribution in [3.05, 3.63) is 36.6 Å². The number of allylic oxidation sites excluding steroid dienone is 2. The molecular weight excluding hydrogens is 266 g/mol. The molecule has 22 heavy (non-hydrogen) atoms. The Labute approximate surface area is 140 Å². The molecule has 0 saturated heterocycles. The highest BCUT2D eigenvalue weighted by atomic mass is 15.0. The summed E-state index contributed by atoms with van der Waals surface area (Å²) in [5, 5.41) is 3.56. The van der Waals surface area contributed by atoms with Crippen molar-refractivity contribution in [2.24, 2.45) is 23.2 Å². The molecule has 1 heteroatoms. The molecule has 0 spiro atoms. The van der Waals surface area contributed by atoms with E-state index in [1.54, 1.807) is 0 Å². The zero-order chi connectivity index (χ0) is 17.9. The maximum atomic E-state index is 4.51. The van der Waals surface area contributed by atoms with Gasteiger partial charge in [0, 0.05) is 17.2 Å². The lowest BCUT2D eigenvalue weighted by molar-refractivity contribution is 0.249. The lowest BCUT2D eigenvalue weighted by atomic mass is 9.68.